The number of carbonyl (C=O) groups is 1. The van der Waals surface area contributed by atoms with Crippen molar-refractivity contribution in [3.05, 3.63) is 34.4 Å². The fourth-order valence-corrected chi connectivity index (χ4v) is 2.17. The molecule has 1 fully saturated rings. The second-order valence-corrected chi connectivity index (χ2v) is 4.53. The lowest BCUT2D eigenvalue weighted by Crippen LogP contribution is -2.38. The van der Waals surface area contributed by atoms with Gasteiger partial charge < -0.3 is 5.11 Å². The van der Waals surface area contributed by atoms with Crippen LogP contribution in [0.15, 0.2) is 24.3 Å². The van der Waals surface area contributed by atoms with Crippen LogP contribution in [0.5, 0.6) is 0 Å². The van der Waals surface area contributed by atoms with Crippen molar-refractivity contribution in [3.63, 3.8) is 0 Å². The van der Waals surface area contributed by atoms with Crippen molar-refractivity contribution in [2.45, 2.75) is 25.4 Å². The Labute approximate surface area is 109 Å². The predicted octanol–water partition coefficient (Wildman–Crippen LogP) is 1.20. The molecular weight excluding hydrogens is 250 g/mol. The Bertz CT molecular complexity index is 492. The predicted molar refractivity (Wildman–Crippen MR) is 68.2 cm³/mol. The fraction of sp³-hybridized carbons (Fsp3) is 0.417. The molecule has 1 aromatic rings. The highest BCUT2D eigenvalue weighted by Crippen LogP contribution is 2.25. The molecule has 0 spiro atoms. The number of nitro benzene ring substituents is 1. The first-order valence-electron chi connectivity index (χ1n) is 6.06. The molecule has 1 aliphatic rings. The molecule has 7 heteroatoms. The highest BCUT2D eigenvalue weighted by atomic mass is 16.6. The Kier molecular flexibility index (Phi) is 3.96. The van der Waals surface area contributed by atoms with Crippen molar-refractivity contribution in [2.24, 2.45) is 5.92 Å². The number of carbonyl (C=O) groups excluding carboxylic acids is 1. The Morgan fingerprint density at radius 3 is 2.84 bits per heavy atom. The number of hydrazine groups is 1. The summed E-state index contributed by atoms with van der Waals surface area (Å²) in [5.74, 6) is -0.706. The molecule has 2 atom stereocenters. The smallest absolute Gasteiger partial charge is 0.271 e. The number of aliphatic hydroxyl groups is 1. The van der Waals surface area contributed by atoms with Crippen LogP contribution in [0.25, 0.3) is 0 Å². The maximum absolute atomic E-state index is 11.8. The van der Waals surface area contributed by atoms with Crippen LogP contribution in [0.1, 0.15) is 19.3 Å². The molecule has 19 heavy (non-hydrogen) atoms. The van der Waals surface area contributed by atoms with Gasteiger partial charge in [0.2, 0.25) is 5.91 Å². The number of nitro groups is 1. The second-order valence-electron chi connectivity index (χ2n) is 4.53. The van der Waals surface area contributed by atoms with Gasteiger partial charge in [0.15, 0.2) is 0 Å². The topological polar surface area (TPSA) is 104 Å². The van der Waals surface area contributed by atoms with E-state index in [-0.39, 0.29) is 11.6 Å². The van der Waals surface area contributed by atoms with E-state index >= 15 is 0 Å². The monoisotopic (exact) mass is 265 g/mol. The SMILES string of the molecule is O=C(NNc1cccc([N+](=O)[O-])c1)C1CCCC1O. The van der Waals surface area contributed by atoms with Gasteiger partial charge in [0.25, 0.3) is 5.69 Å². The largest absolute Gasteiger partial charge is 0.392 e. The molecule has 3 N–H and O–H groups in total. The molecule has 0 bridgehead atoms. The summed E-state index contributed by atoms with van der Waals surface area (Å²) in [5.41, 5.74) is 5.46. The normalized spacial score (nSPS) is 21.9. The van der Waals surface area contributed by atoms with Gasteiger partial charge in [-0.15, -0.1) is 0 Å². The zero-order chi connectivity index (χ0) is 13.8. The zero-order valence-corrected chi connectivity index (χ0v) is 10.2. The van der Waals surface area contributed by atoms with Gasteiger partial charge in [-0.25, -0.2) is 0 Å². The lowest BCUT2D eigenvalue weighted by atomic mass is 10.1. The summed E-state index contributed by atoms with van der Waals surface area (Å²) in [5, 5.41) is 20.2. The number of benzene rings is 1. The summed E-state index contributed by atoms with van der Waals surface area (Å²) < 4.78 is 0. The van der Waals surface area contributed by atoms with Crippen molar-refractivity contribution in [1.29, 1.82) is 0 Å². The lowest BCUT2D eigenvalue weighted by Gasteiger charge is -2.15. The van der Waals surface area contributed by atoms with Gasteiger partial charge in [-0.1, -0.05) is 6.07 Å². The molecule has 1 saturated carbocycles. The summed E-state index contributed by atoms with van der Waals surface area (Å²) in [6, 6.07) is 5.83. The third kappa shape index (κ3) is 3.19. The van der Waals surface area contributed by atoms with Crippen molar-refractivity contribution >= 4 is 17.3 Å². The van der Waals surface area contributed by atoms with Gasteiger partial charge in [0.1, 0.15) is 0 Å². The van der Waals surface area contributed by atoms with E-state index in [4.69, 9.17) is 0 Å². The van der Waals surface area contributed by atoms with Crippen LogP contribution in [0.4, 0.5) is 11.4 Å². The number of rotatable bonds is 4. The lowest BCUT2D eigenvalue weighted by molar-refractivity contribution is -0.384. The number of non-ortho nitro benzene ring substituents is 1. The van der Waals surface area contributed by atoms with Crippen LogP contribution in [0.3, 0.4) is 0 Å². The molecule has 0 heterocycles. The van der Waals surface area contributed by atoms with Gasteiger partial charge in [-0.05, 0) is 25.3 Å². The van der Waals surface area contributed by atoms with Gasteiger partial charge in [-0.3, -0.25) is 25.8 Å². The van der Waals surface area contributed by atoms with Gasteiger partial charge in [0.05, 0.1) is 22.6 Å². The maximum atomic E-state index is 11.8. The first kappa shape index (κ1) is 13.3. The Morgan fingerprint density at radius 2 is 2.21 bits per heavy atom. The number of hydrogen-bond acceptors (Lipinski definition) is 5. The summed E-state index contributed by atoms with van der Waals surface area (Å²) >= 11 is 0. The van der Waals surface area contributed by atoms with Crippen molar-refractivity contribution < 1.29 is 14.8 Å². The molecule has 1 aliphatic carbocycles. The zero-order valence-electron chi connectivity index (χ0n) is 10.2. The van der Waals surface area contributed by atoms with E-state index in [0.29, 0.717) is 18.5 Å². The average molecular weight is 265 g/mol. The van der Waals surface area contributed by atoms with Gasteiger partial charge in [0, 0.05) is 12.1 Å². The third-order valence-corrected chi connectivity index (χ3v) is 3.20. The van der Waals surface area contributed by atoms with E-state index < -0.39 is 16.9 Å². The van der Waals surface area contributed by atoms with E-state index in [2.05, 4.69) is 10.9 Å². The van der Waals surface area contributed by atoms with Crippen LogP contribution in [0, 0.1) is 16.0 Å². The van der Waals surface area contributed by atoms with E-state index in [1.54, 1.807) is 6.07 Å². The van der Waals surface area contributed by atoms with Crippen LogP contribution < -0.4 is 10.9 Å². The minimum Gasteiger partial charge on any atom is -0.392 e. The number of nitrogens with zero attached hydrogens (tertiary/aromatic N) is 1. The van der Waals surface area contributed by atoms with Gasteiger partial charge >= 0.3 is 0 Å². The molecule has 102 valence electrons. The van der Waals surface area contributed by atoms with Crippen molar-refractivity contribution in [2.75, 3.05) is 5.43 Å². The Hall–Kier alpha value is -2.15. The van der Waals surface area contributed by atoms with Crippen LogP contribution in [-0.2, 0) is 4.79 Å². The molecular formula is C12H15N3O4. The molecule has 0 saturated heterocycles. The van der Waals surface area contributed by atoms with Crippen molar-refractivity contribution in [3.8, 4) is 0 Å². The standard InChI is InChI=1S/C12H15N3O4/c16-11-6-2-5-10(11)12(17)14-13-8-3-1-4-9(7-8)15(18)19/h1,3-4,7,10-11,13,16H,2,5-6H2,(H,14,17). The van der Waals surface area contributed by atoms with Crippen LogP contribution in [0.2, 0.25) is 0 Å². The van der Waals surface area contributed by atoms with Crippen molar-refractivity contribution in [1.82, 2.24) is 5.43 Å². The second kappa shape index (κ2) is 5.66. The van der Waals surface area contributed by atoms with E-state index in [1.165, 1.54) is 18.2 Å². The summed E-state index contributed by atoms with van der Waals surface area (Å²) in [7, 11) is 0. The summed E-state index contributed by atoms with van der Waals surface area (Å²) in [6.07, 6.45) is 1.51. The molecule has 7 nitrogen and oxygen atoms in total. The number of aliphatic hydroxyl groups excluding tert-OH is 1. The van der Waals surface area contributed by atoms with Crippen LogP contribution in [-0.4, -0.2) is 22.0 Å². The Balaban J connectivity index is 1.93. The fourth-order valence-electron chi connectivity index (χ4n) is 2.17. The number of amides is 1. The molecule has 2 unspecified atom stereocenters. The first-order valence-corrected chi connectivity index (χ1v) is 6.06. The average Bonchev–Trinajstić information content (AvgIpc) is 2.82. The first-order chi connectivity index (χ1) is 9.08. The molecule has 0 radical (unpaired) electrons. The Morgan fingerprint density at radius 1 is 1.42 bits per heavy atom. The molecule has 1 aromatic carbocycles. The molecule has 0 aromatic heterocycles. The van der Waals surface area contributed by atoms with E-state index in [1.807, 2.05) is 0 Å². The summed E-state index contributed by atoms with van der Waals surface area (Å²) in [4.78, 5) is 21.9. The molecule has 1 amide bonds. The minimum absolute atomic E-state index is 0.0554. The van der Waals surface area contributed by atoms with E-state index in [9.17, 15) is 20.0 Å². The number of anilines is 1. The maximum Gasteiger partial charge on any atom is 0.271 e. The number of hydrogen-bond donors (Lipinski definition) is 3. The molecule has 2 rings (SSSR count). The molecule has 0 aliphatic heterocycles. The van der Waals surface area contributed by atoms with E-state index in [0.717, 1.165) is 6.42 Å². The highest BCUT2D eigenvalue weighted by Gasteiger charge is 2.31. The minimum atomic E-state index is -0.605. The highest BCUT2D eigenvalue weighted by molar-refractivity contribution is 5.80. The third-order valence-electron chi connectivity index (χ3n) is 3.20. The van der Waals surface area contributed by atoms with Gasteiger partial charge in [-0.2, -0.15) is 0 Å². The number of nitrogens with one attached hydrogen (secondary N) is 2. The van der Waals surface area contributed by atoms with Crippen LogP contribution >= 0.6 is 0 Å². The summed E-state index contributed by atoms with van der Waals surface area (Å²) in [6.45, 7) is 0. The quantitative estimate of drug-likeness (QED) is 0.560.